The zero-order valence-corrected chi connectivity index (χ0v) is 12.8. The third-order valence-electron chi connectivity index (χ3n) is 4.01. The van der Waals surface area contributed by atoms with E-state index in [2.05, 4.69) is 11.4 Å². The summed E-state index contributed by atoms with van der Waals surface area (Å²) in [7, 11) is 1.71. The number of ether oxygens (including phenoxy) is 1. The molecule has 0 aromatic heterocycles. The zero-order valence-electron chi connectivity index (χ0n) is 12.8. The molecule has 1 aromatic carbocycles. The number of hydrogen-bond donors (Lipinski definition) is 1. The SMILES string of the molecule is COC(C)(C)CCN1C(=O)C(C)NCc2ccccc21. The molecule has 1 amide bonds. The monoisotopic (exact) mass is 276 g/mol. The number of amides is 1. The van der Waals surface area contributed by atoms with Crippen LogP contribution in [0, 0.1) is 0 Å². The standard InChI is InChI=1S/C16H24N2O2/c1-12-15(19)18(10-9-16(2,3)20-4)14-8-6-5-7-13(14)11-17-12/h5-8,12,17H,9-11H2,1-4H3. The van der Waals surface area contributed by atoms with Crippen LogP contribution in [0.15, 0.2) is 24.3 Å². The van der Waals surface area contributed by atoms with E-state index in [0.29, 0.717) is 6.54 Å². The summed E-state index contributed by atoms with van der Waals surface area (Å²) in [5.41, 5.74) is 1.96. The van der Waals surface area contributed by atoms with Gasteiger partial charge >= 0.3 is 0 Å². The summed E-state index contributed by atoms with van der Waals surface area (Å²) in [5, 5.41) is 3.27. The van der Waals surface area contributed by atoms with E-state index < -0.39 is 0 Å². The highest BCUT2D eigenvalue weighted by molar-refractivity contribution is 5.98. The molecule has 2 rings (SSSR count). The number of carbonyl (C=O) groups is 1. The van der Waals surface area contributed by atoms with E-state index >= 15 is 0 Å². The molecular formula is C16H24N2O2. The van der Waals surface area contributed by atoms with Gasteiger partial charge in [-0.05, 0) is 38.8 Å². The number of benzene rings is 1. The quantitative estimate of drug-likeness (QED) is 0.917. The minimum Gasteiger partial charge on any atom is -0.379 e. The first kappa shape index (κ1) is 15.0. The molecule has 20 heavy (non-hydrogen) atoms. The second-order valence-corrected chi connectivity index (χ2v) is 5.93. The molecule has 1 aromatic rings. The Hall–Kier alpha value is -1.39. The Balaban J connectivity index is 2.25. The van der Waals surface area contributed by atoms with Gasteiger partial charge < -0.3 is 15.0 Å². The average molecular weight is 276 g/mol. The fourth-order valence-corrected chi connectivity index (χ4v) is 2.34. The van der Waals surface area contributed by atoms with E-state index in [1.165, 1.54) is 5.56 Å². The second-order valence-electron chi connectivity index (χ2n) is 5.93. The van der Waals surface area contributed by atoms with Gasteiger partial charge in [0.2, 0.25) is 5.91 Å². The second kappa shape index (κ2) is 5.94. The minimum atomic E-state index is -0.224. The molecule has 110 valence electrons. The Kier molecular flexibility index (Phi) is 4.45. The number of nitrogens with one attached hydrogen (secondary N) is 1. The molecule has 0 bridgehead atoms. The topological polar surface area (TPSA) is 41.6 Å². The number of para-hydroxylation sites is 1. The van der Waals surface area contributed by atoms with Crippen molar-refractivity contribution in [3.8, 4) is 0 Å². The number of methoxy groups -OCH3 is 1. The van der Waals surface area contributed by atoms with Crippen LogP contribution in [0.5, 0.6) is 0 Å². The lowest BCUT2D eigenvalue weighted by atomic mass is 10.0. The van der Waals surface area contributed by atoms with Gasteiger partial charge in [-0.15, -0.1) is 0 Å². The Morgan fingerprint density at radius 2 is 2.10 bits per heavy atom. The maximum absolute atomic E-state index is 12.5. The first-order chi connectivity index (χ1) is 9.44. The Labute approximate surface area is 121 Å². The summed E-state index contributed by atoms with van der Waals surface area (Å²) in [6.07, 6.45) is 0.802. The van der Waals surface area contributed by atoms with Crippen molar-refractivity contribution < 1.29 is 9.53 Å². The Bertz CT molecular complexity index is 485. The molecule has 1 heterocycles. The molecule has 0 saturated carbocycles. The molecule has 1 aliphatic heterocycles. The fraction of sp³-hybridized carbons (Fsp3) is 0.562. The van der Waals surface area contributed by atoms with E-state index in [0.717, 1.165) is 18.7 Å². The van der Waals surface area contributed by atoms with Crippen LogP contribution in [0.25, 0.3) is 0 Å². The third kappa shape index (κ3) is 3.19. The maximum Gasteiger partial charge on any atom is 0.243 e. The number of nitrogens with zero attached hydrogens (tertiary/aromatic N) is 1. The summed E-state index contributed by atoms with van der Waals surface area (Å²) in [4.78, 5) is 14.4. The van der Waals surface area contributed by atoms with E-state index in [1.54, 1.807) is 7.11 Å². The molecule has 1 atom stereocenters. The third-order valence-corrected chi connectivity index (χ3v) is 4.01. The zero-order chi connectivity index (χ0) is 14.8. The predicted octanol–water partition coefficient (Wildman–Crippen LogP) is 2.33. The summed E-state index contributed by atoms with van der Waals surface area (Å²) in [5.74, 6) is 0.127. The highest BCUT2D eigenvalue weighted by Crippen LogP contribution is 2.25. The summed E-state index contributed by atoms with van der Waals surface area (Å²) in [6, 6.07) is 7.93. The fourth-order valence-electron chi connectivity index (χ4n) is 2.34. The molecule has 4 nitrogen and oxygen atoms in total. The van der Waals surface area contributed by atoms with Crippen molar-refractivity contribution in [1.29, 1.82) is 0 Å². The molecule has 4 heteroatoms. The lowest BCUT2D eigenvalue weighted by Crippen LogP contribution is -2.44. The highest BCUT2D eigenvalue weighted by Gasteiger charge is 2.28. The average Bonchev–Trinajstić information content (AvgIpc) is 2.56. The molecule has 0 spiro atoms. The molecular weight excluding hydrogens is 252 g/mol. The van der Waals surface area contributed by atoms with Gasteiger partial charge in [0.25, 0.3) is 0 Å². The summed E-state index contributed by atoms with van der Waals surface area (Å²) < 4.78 is 5.46. The van der Waals surface area contributed by atoms with Gasteiger partial charge in [-0.1, -0.05) is 18.2 Å². The molecule has 0 saturated heterocycles. The minimum absolute atomic E-state index is 0.127. The number of hydrogen-bond acceptors (Lipinski definition) is 3. The smallest absolute Gasteiger partial charge is 0.243 e. The van der Waals surface area contributed by atoms with Crippen LogP contribution in [-0.2, 0) is 16.1 Å². The van der Waals surface area contributed by atoms with Crippen LogP contribution >= 0.6 is 0 Å². The van der Waals surface area contributed by atoms with Gasteiger partial charge in [0.15, 0.2) is 0 Å². The van der Waals surface area contributed by atoms with Crippen molar-refractivity contribution in [2.24, 2.45) is 0 Å². The number of carbonyl (C=O) groups excluding carboxylic acids is 1. The maximum atomic E-state index is 12.5. The first-order valence-electron chi connectivity index (χ1n) is 7.12. The highest BCUT2D eigenvalue weighted by atomic mass is 16.5. The van der Waals surface area contributed by atoms with Crippen molar-refractivity contribution in [1.82, 2.24) is 5.32 Å². The molecule has 0 fully saturated rings. The van der Waals surface area contributed by atoms with Gasteiger partial charge in [-0.3, -0.25) is 4.79 Å². The van der Waals surface area contributed by atoms with Gasteiger partial charge in [0.05, 0.1) is 11.6 Å². The van der Waals surface area contributed by atoms with Gasteiger partial charge in [0.1, 0.15) is 0 Å². The van der Waals surface area contributed by atoms with E-state index in [1.807, 2.05) is 43.9 Å². The largest absolute Gasteiger partial charge is 0.379 e. The van der Waals surface area contributed by atoms with Crippen LogP contribution in [0.2, 0.25) is 0 Å². The summed E-state index contributed by atoms with van der Waals surface area (Å²) in [6.45, 7) is 7.41. The molecule has 0 radical (unpaired) electrons. The van der Waals surface area contributed by atoms with Gasteiger partial charge in [0, 0.05) is 25.9 Å². The van der Waals surface area contributed by atoms with E-state index in [9.17, 15) is 4.79 Å². The Morgan fingerprint density at radius 1 is 1.40 bits per heavy atom. The van der Waals surface area contributed by atoms with Crippen LogP contribution in [0.1, 0.15) is 32.8 Å². The van der Waals surface area contributed by atoms with Crippen LogP contribution in [0.4, 0.5) is 5.69 Å². The van der Waals surface area contributed by atoms with E-state index in [4.69, 9.17) is 4.74 Å². The first-order valence-corrected chi connectivity index (χ1v) is 7.12. The van der Waals surface area contributed by atoms with Crippen molar-refractivity contribution in [2.45, 2.75) is 45.4 Å². The molecule has 1 unspecified atom stereocenters. The predicted molar refractivity (Wildman–Crippen MR) is 80.8 cm³/mol. The lowest BCUT2D eigenvalue weighted by molar-refractivity contribution is -0.120. The molecule has 1 N–H and O–H groups in total. The van der Waals surface area contributed by atoms with Gasteiger partial charge in [-0.2, -0.15) is 0 Å². The number of rotatable bonds is 4. The van der Waals surface area contributed by atoms with Crippen LogP contribution in [0.3, 0.4) is 0 Å². The molecule has 0 aliphatic carbocycles. The Morgan fingerprint density at radius 3 is 2.80 bits per heavy atom. The number of anilines is 1. The summed E-state index contributed by atoms with van der Waals surface area (Å²) >= 11 is 0. The van der Waals surface area contributed by atoms with Crippen LogP contribution in [-0.4, -0.2) is 31.2 Å². The van der Waals surface area contributed by atoms with Crippen molar-refractivity contribution in [2.75, 3.05) is 18.6 Å². The van der Waals surface area contributed by atoms with Crippen molar-refractivity contribution in [3.63, 3.8) is 0 Å². The van der Waals surface area contributed by atoms with Gasteiger partial charge in [-0.25, -0.2) is 0 Å². The van der Waals surface area contributed by atoms with Crippen LogP contribution < -0.4 is 10.2 Å². The number of fused-ring (bicyclic) bond motifs is 1. The molecule has 1 aliphatic rings. The van der Waals surface area contributed by atoms with Crippen molar-refractivity contribution >= 4 is 11.6 Å². The normalized spacial score (nSPS) is 19.7. The van der Waals surface area contributed by atoms with E-state index in [-0.39, 0.29) is 17.6 Å². The van der Waals surface area contributed by atoms with Crippen molar-refractivity contribution in [3.05, 3.63) is 29.8 Å². The lowest BCUT2D eigenvalue weighted by Gasteiger charge is -2.29.